The fraction of sp³-hybridized carbons (Fsp3) is 0.333. The minimum atomic E-state index is -0.590. The van der Waals surface area contributed by atoms with Crippen LogP contribution in [0, 0.1) is 18.6 Å². The molecule has 0 aliphatic rings. The largest absolute Gasteiger partial charge is 0.338 e. The van der Waals surface area contributed by atoms with E-state index in [4.69, 9.17) is 4.52 Å². The molecule has 0 radical (unpaired) electrons. The molecule has 2 aromatic rings. The van der Waals surface area contributed by atoms with Crippen molar-refractivity contribution in [3.8, 4) is 0 Å². The Morgan fingerprint density at radius 3 is 2.50 bits per heavy atom. The molecule has 2 rings (SSSR count). The van der Waals surface area contributed by atoms with E-state index >= 15 is 0 Å². The second-order valence-electron chi connectivity index (χ2n) is 4.04. The van der Waals surface area contributed by atoms with Crippen molar-refractivity contribution in [3.63, 3.8) is 0 Å². The summed E-state index contributed by atoms with van der Waals surface area (Å²) in [4.78, 5) is 4.02. The molecule has 1 N–H and O–H groups in total. The van der Waals surface area contributed by atoms with Crippen molar-refractivity contribution >= 4 is 0 Å². The normalized spacial score (nSPS) is 12.7. The summed E-state index contributed by atoms with van der Waals surface area (Å²) in [5.41, 5.74) is 0.531. The first-order valence-electron chi connectivity index (χ1n) is 5.53. The number of nitrogens with one attached hydrogen (secondary N) is 1. The Labute approximate surface area is 103 Å². The van der Waals surface area contributed by atoms with E-state index < -0.39 is 11.6 Å². The smallest absolute Gasteiger partial charge is 0.240 e. The number of benzene rings is 1. The Kier molecular flexibility index (Phi) is 3.66. The quantitative estimate of drug-likeness (QED) is 0.909. The maximum atomic E-state index is 13.0. The predicted molar refractivity (Wildman–Crippen MR) is 60.6 cm³/mol. The molecule has 6 heteroatoms. The summed E-state index contributed by atoms with van der Waals surface area (Å²) in [7, 11) is 0. The van der Waals surface area contributed by atoms with E-state index in [1.807, 2.05) is 0 Å². The van der Waals surface area contributed by atoms with Gasteiger partial charge in [-0.3, -0.25) is 0 Å². The van der Waals surface area contributed by atoms with Gasteiger partial charge in [0.15, 0.2) is 5.82 Å². The molecule has 96 valence electrons. The van der Waals surface area contributed by atoms with E-state index in [9.17, 15) is 8.78 Å². The van der Waals surface area contributed by atoms with Crippen molar-refractivity contribution in [3.05, 3.63) is 47.1 Å². The zero-order valence-corrected chi connectivity index (χ0v) is 10.1. The van der Waals surface area contributed by atoms with Crippen LogP contribution in [0.5, 0.6) is 0 Å². The number of hydrogen-bond acceptors (Lipinski definition) is 4. The fourth-order valence-electron chi connectivity index (χ4n) is 1.60. The third-order valence-electron chi connectivity index (χ3n) is 2.51. The number of halogens is 2. The van der Waals surface area contributed by atoms with E-state index in [1.165, 1.54) is 12.1 Å². The molecule has 1 aromatic carbocycles. The molecule has 1 heterocycles. The van der Waals surface area contributed by atoms with Crippen LogP contribution < -0.4 is 5.32 Å². The molecule has 4 nitrogen and oxygen atoms in total. The molecular formula is C12H13F2N3O. The van der Waals surface area contributed by atoms with Gasteiger partial charge in [-0.05, 0) is 31.5 Å². The molecule has 0 amide bonds. The molecule has 0 spiro atoms. The average Bonchev–Trinajstić information content (AvgIpc) is 2.70. The highest BCUT2D eigenvalue weighted by Gasteiger charge is 2.10. The summed E-state index contributed by atoms with van der Waals surface area (Å²) in [5, 5.41) is 6.70. The third kappa shape index (κ3) is 3.10. The second-order valence-corrected chi connectivity index (χ2v) is 4.04. The first kappa shape index (κ1) is 12.6. The Morgan fingerprint density at radius 1 is 1.28 bits per heavy atom. The van der Waals surface area contributed by atoms with Crippen LogP contribution in [0.2, 0.25) is 0 Å². The van der Waals surface area contributed by atoms with E-state index in [-0.39, 0.29) is 6.04 Å². The lowest BCUT2D eigenvalue weighted by Crippen LogP contribution is -2.18. The molecule has 1 unspecified atom stereocenters. The molecule has 0 aliphatic heterocycles. The van der Waals surface area contributed by atoms with Crippen LogP contribution in [-0.2, 0) is 6.54 Å². The van der Waals surface area contributed by atoms with E-state index in [1.54, 1.807) is 13.8 Å². The summed E-state index contributed by atoms with van der Waals surface area (Å²) >= 11 is 0. The van der Waals surface area contributed by atoms with Gasteiger partial charge in [0.2, 0.25) is 5.89 Å². The lowest BCUT2D eigenvalue weighted by atomic mass is 10.1. The maximum absolute atomic E-state index is 13.0. The van der Waals surface area contributed by atoms with Gasteiger partial charge in [-0.2, -0.15) is 4.98 Å². The average molecular weight is 253 g/mol. The fourth-order valence-corrected chi connectivity index (χ4v) is 1.60. The van der Waals surface area contributed by atoms with Gasteiger partial charge < -0.3 is 9.84 Å². The topological polar surface area (TPSA) is 51.0 Å². The Balaban J connectivity index is 2.01. The van der Waals surface area contributed by atoms with Crippen molar-refractivity contribution in [1.82, 2.24) is 15.5 Å². The SMILES string of the molecule is Cc1noc(CNC(C)c2cc(F)cc(F)c2)n1. The highest BCUT2D eigenvalue weighted by molar-refractivity contribution is 5.20. The van der Waals surface area contributed by atoms with Gasteiger partial charge in [0, 0.05) is 12.1 Å². The van der Waals surface area contributed by atoms with Crippen LogP contribution in [0.1, 0.15) is 30.2 Å². The highest BCUT2D eigenvalue weighted by Crippen LogP contribution is 2.16. The summed E-state index contributed by atoms with van der Waals surface area (Å²) < 4.78 is 31.0. The molecule has 0 bridgehead atoms. The minimum Gasteiger partial charge on any atom is -0.338 e. The Bertz CT molecular complexity index is 522. The molecule has 0 saturated carbocycles. The first-order chi connectivity index (χ1) is 8.54. The number of rotatable bonds is 4. The van der Waals surface area contributed by atoms with Crippen molar-refractivity contribution < 1.29 is 13.3 Å². The molecular weight excluding hydrogens is 240 g/mol. The van der Waals surface area contributed by atoms with Crippen molar-refractivity contribution in [2.45, 2.75) is 26.4 Å². The Hall–Kier alpha value is -1.82. The second kappa shape index (κ2) is 5.22. The van der Waals surface area contributed by atoms with Crippen molar-refractivity contribution in [2.24, 2.45) is 0 Å². The van der Waals surface area contributed by atoms with E-state index in [0.717, 1.165) is 6.07 Å². The molecule has 0 fully saturated rings. The van der Waals surface area contributed by atoms with Crippen LogP contribution in [0.4, 0.5) is 8.78 Å². The van der Waals surface area contributed by atoms with Crippen molar-refractivity contribution in [1.29, 1.82) is 0 Å². The Morgan fingerprint density at radius 2 is 1.94 bits per heavy atom. The molecule has 1 aromatic heterocycles. The number of hydrogen-bond donors (Lipinski definition) is 1. The van der Waals surface area contributed by atoms with Crippen LogP contribution in [0.3, 0.4) is 0 Å². The number of nitrogens with zero attached hydrogens (tertiary/aromatic N) is 2. The van der Waals surface area contributed by atoms with E-state index in [2.05, 4.69) is 15.5 Å². The summed E-state index contributed by atoms with van der Waals surface area (Å²) in [6.07, 6.45) is 0. The van der Waals surface area contributed by atoms with Crippen LogP contribution in [0.25, 0.3) is 0 Å². The first-order valence-corrected chi connectivity index (χ1v) is 5.53. The predicted octanol–water partition coefficient (Wildman–Crippen LogP) is 2.51. The maximum Gasteiger partial charge on any atom is 0.240 e. The third-order valence-corrected chi connectivity index (χ3v) is 2.51. The summed E-state index contributed by atoms with van der Waals surface area (Å²) in [5.74, 6) is -0.188. The van der Waals surface area contributed by atoms with Gasteiger partial charge in [-0.25, -0.2) is 8.78 Å². The zero-order chi connectivity index (χ0) is 13.1. The molecule has 0 saturated heterocycles. The van der Waals surface area contributed by atoms with Crippen LogP contribution in [0.15, 0.2) is 22.7 Å². The monoisotopic (exact) mass is 253 g/mol. The van der Waals surface area contributed by atoms with Gasteiger partial charge in [-0.15, -0.1) is 0 Å². The van der Waals surface area contributed by atoms with Gasteiger partial charge in [0.05, 0.1) is 6.54 Å². The van der Waals surface area contributed by atoms with Crippen LogP contribution >= 0.6 is 0 Å². The van der Waals surface area contributed by atoms with Crippen LogP contribution in [-0.4, -0.2) is 10.1 Å². The van der Waals surface area contributed by atoms with Gasteiger partial charge >= 0.3 is 0 Å². The number of aryl methyl sites for hydroxylation is 1. The zero-order valence-electron chi connectivity index (χ0n) is 10.1. The summed E-state index contributed by atoms with van der Waals surface area (Å²) in [6, 6.07) is 3.21. The van der Waals surface area contributed by atoms with E-state index in [0.29, 0.717) is 23.8 Å². The number of aromatic nitrogens is 2. The lowest BCUT2D eigenvalue weighted by Gasteiger charge is -2.12. The standard InChI is InChI=1S/C12H13F2N3O/c1-7(9-3-10(13)5-11(14)4-9)15-6-12-16-8(2)17-18-12/h3-5,7,15H,6H2,1-2H3. The van der Waals surface area contributed by atoms with Crippen molar-refractivity contribution in [2.75, 3.05) is 0 Å². The van der Waals surface area contributed by atoms with Gasteiger partial charge in [0.1, 0.15) is 11.6 Å². The molecule has 0 aliphatic carbocycles. The lowest BCUT2D eigenvalue weighted by molar-refractivity contribution is 0.357. The molecule has 18 heavy (non-hydrogen) atoms. The highest BCUT2D eigenvalue weighted by atomic mass is 19.1. The minimum absolute atomic E-state index is 0.220. The van der Waals surface area contributed by atoms with Gasteiger partial charge in [0.25, 0.3) is 0 Å². The molecule has 1 atom stereocenters. The summed E-state index contributed by atoms with van der Waals surface area (Å²) in [6.45, 7) is 3.87. The van der Waals surface area contributed by atoms with Gasteiger partial charge in [-0.1, -0.05) is 5.16 Å².